The molecule has 0 saturated carbocycles. The highest BCUT2D eigenvalue weighted by molar-refractivity contribution is 7.99. The zero-order chi connectivity index (χ0) is 23.2. The van der Waals surface area contributed by atoms with Crippen LogP contribution < -0.4 is 9.99 Å². The summed E-state index contributed by atoms with van der Waals surface area (Å²) in [4.78, 5) is 12.4. The Morgan fingerprint density at radius 3 is 2.58 bits per heavy atom. The van der Waals surface area contributed by atoms with E-state index in [9.17, 15) is 9.90 Å². The van der Waals surface area contributed by atoms with Gasteiger partial charge in [-0.05, 0) is 62.0 Å². The number of phenolic OH excluding ortho intramolecular Hbond substituents is 1. The Bertz CT molecular complexity index is 1280. The fraction of sp³-hybridized carbons (Fsp3) is 0.120. The third-order valence-corrected chi connectivity index (χ3v) is 5.89. The summed E-state index contributed by atoms with van der Waals surface area (Å²) in [6.45, 7) is 3.82. The van der Waals surface area contributed by atoms with Crippen molar-refractivity contribution in [3.8, 4) is 22.8 Å². The number of carbonyl (C=O) groups excluding carboxylic acids is 1. The van der Waals surface area contributed by atoms with Crippen molar-refractivity contribution < 1.29 is 14.5 Å². The standard InChI is InChI=1S/C25H23N5O2S/c1-17-11-13-19(14-12-17)24-28-29-25(30(24)21-8-4-3-5-9-21)33-16-23(32)27-26-18(2)20-7-6-10-22(31)15-20/h3-15H,16H2,1-2H3,(H2,27,31,32)/p+1. The quantitative estimate of drug-likeness (QED) is 0.169. The molecule has 1 amide bonds. The normalized spacial score (nSPS) is 11.4. The number of hydrazone groups is 1. The number of phenols is 1. The molecule has 8 heteroatoms. The van der Waals surface area contributed by atoms with Crippen LogP contribution in [-0.2, 0) is 4.79 Å². The van der Waals surface area contributed by atoms with Crippen molar-refractivity contribution >= 4 is 23.4 Å². The lowest BCUT2D eigenvalue weighted by Gasteiger charge is -2.05. The number of amides is 1. The van der Waals surface area contributed by atoms with Crippen molar-refractivity contribution in [3.63, 3.8) is 0 Å². The lowest BCUT2D eigenvalue weighted by Crippen LogP contribution is -2.34. The van der Waals surface area contributed by atoms with Gasteiger partial charge in [0, 0.05) is 5.56 Å². The van der Waals surface area contributed by atoms with E-state index in [1.54, 1.807) is 25.1 Å². The van der Waals surface area contributed by atoms with Crippen LogP contribution in [0.25, 0.3) is 17.1 Å². The molecular formula is C25H24N5O2S+. The van der Waals surface area contributed by atoms with Crippen molar-refractivity contribution in [3.05, 3.63) is 90.0 Å². The molecule has 0 saturated heterocycles. The largest absolute Gasteiger partial charge is 0.508 e. The first kappa shape index (κ1) is 22.3. The van der Waals surface area contributed by atoms with E-state index in [0.29, 0.717) is 10.9 Å². The molecule has 7 nitrogen and oxygen atoms in total. The van der Waals surface area contributed by atoms with E-state index in [-0.39, 0.29) is 17.4 Å². The number of carbonyl (C=O) groups is 1. The first-order valence-electron chi connectivity index (χ1n) is 10.4. The van der Waals surface area contributed by atoms with Crippen LogP contribution in [-0.4, -0.2) is 32.7 Å². The molecule has 4 rings (SSSR count). The molecule has 0 unspecified atom stereocenters. The Labute approximate surface area is 196 Å². The highest BCUT2D eigenvalue weighted by atomic mass is 32.2. The van der Waals surface area contributed by atoms with Crippen LogP contribution in [0.1, 0.15) is 18.1 Å². The van der Waals surface area contributed by atoms with Gasteiger partial charge in [0.15, 0.2) is 0 Å². The lowest BCUT2D eigenvalue weighted by molar-refractivity contribution is -0.625. The Hall–Kier alpha value is -3.91. The van der Waals surface area contributed by atoms with Gasteiger partial charge in [0.05, 0.1) is 22.1 Å². The molecule has 1 heterocycles. The minimum Gasteiger partial charge on any atom is -0.508 e. The second-order valence-electron chi connectivity index (χ2n) is 7.46. The van der Waals surface area contributed by atoms with Crippen LogP contribution in [0.5, 0.6) is 5.75 Å². The molecule has 0 spiro atoms. The summed E-state index contributed by atoms with van der Waals surface area (Å²) >= 11 is 1.32. The minimum absolute atomic E-state index is 0.141. The molecule has 33 heavy (non-hydrogen) atoms. The number of nitrogens with zero attached hydrogens (tertiary/aromatic N) is 3. The fourth-order valence-corrected chi connectivity index (χ4v) is 3.98. The summed E-state index contributed by atoms with van der Waals surface area (Å²) in [6, 6.07) is 24.8. The molecule has 4 aromatic rings. The molecule has 0 aliphatic carbocycles. The van der Waals surface area contributed by atoms with E-state index in [0.717, 1.165) is 22.6 Å². The number of benzene rings is 3. The van der Waals surface area contributed by atoms with E-state index in [4.69, 9.17) is 0 Å². The van der Waals surface area contributed by atoms with E-state index >= 15 is 0 Å². The number of aryl methyl sites for hydroxylation is 1. The zero-order valence-corrected chi connectivity index (χ0v) is 19.1. The predicted molar refractivity (Wildman–Crippen MR) is 129 cm³/mol. The van der Waals surface area contributed by atoms with Gasteiger partial charge < -0.3 is 5.11 Å². The van der Waals surface area contributed by atoms with Gasteiger partial charge >= 0.3 is 5.16 Å². The molecule has 0 bridgehead atoms. The molecule has 3 aromatic carbocycles. The fourth-order valence-electron chi connectivity index (χ4n) is 3.22. The molecule has 1 aromatic heterocycles. The number of hydrogen-bond acceptors (Lipinski definition) is 5. The van der Waals surface area contributed by atoms with Gasteiger partial charge in [-0.25, -0.2) is 5.43 Å². The number of para-hydroxylation sites is 1. The monoisotopic (exact) mass is 458 g/mol. The van der Waals surface area contributed by atoms with E-state index in [1.165, 1.54) is 17.3 Å². The number of hydrogen-bond donors (Lipinski definition) is 3. The van der Waals surface area contributed by atoms with Gasteiger partial charge in [-0.2, -0.15) is 9.67 Å². The van der Waals surface area contributed by atoms with E-state index in [1.807, 2.05) is 60.0 Å². The highest BCUT2D eigenvalue weighted by Crippen LogP contribution is 2.21. The van der Waals surface area contributed by atoms with Crippen molar-refractivity contribution in [2.75, 3.05) is 5.75 Å². The summed E-state index contributed by atoms with van der Waals surface area (Å²) < 4.78 is 2.00. The summed E-state index contributed by atoms with van der Waals surface area (Å²) in [7, 11) is 0. The minimum atomic E-state index is -0.251. The maximum absolute atomic E-state index is 12.4. The number of aromatic amines is 1. The number of aromatic nitrogens is 3. The number of thioether (sulfide) groups is 1. The Morgan fingerprint density at radius 2 is 1.85 bits per heavy atom. The average Bonchev–Trinajstić information content (AvgIpc) is 3.26. The summed E-state index contributed by atoms with van der Waals surface area (Å²) in [5.74, 6) is 0.875. The Balaban J connectivity index is 1.51. The van der Waals surface area contributed by atoms with Crippen molar-refractivity contribution in [1.82, 2.24) is 15.6 Å². The molecule has 0 atom stereocenters. The number of H-pyrrole nitrogens is 1. The first-order chi connectivity index (χ1) is 16.0. The lowest BCUT2D eigenvalue weighted by atomic mass is 10.1. The van der Waals surface area contributed by atoms with Crippen LogP contribution in [0.3, 0.4) is 0 Å². The summed E-state index contributed by atoms with van der Waals surface area (Å²) in [6.07, 6.45) is 0. The molecule has 3 N–H and O–H groups in total. The van der Waals surface area contributed by atoms with Gasteiger partial charge in [0.2, 0.25) is 0 Å². The van der Waals surface area contributed by atoms with Crippen LogP contribution >= 0.6 is 11.8 Å². The maximum Gasteiger partial charge on any atom is 0.342 e. The second-order valence-corrected chi connectivity index (χ2v) is 8.41. The second kappa shape index (κ2) is 10.1. The van der Waals surface area contributed by atoms with E-state index in [2.05, 4.69) is 32.9 Å². The summed E-state index contributed by atoms with van der Waals surface area (Å²) in [5.41, 5.74) is 7.04. The third-order valence-electron chi connectivity index (χ3n) is 4.96. The van der Waals surface area contributed by atoms with Crippen molar-refractivity contribution in [1.29, 1.82) is 0 Å². The molecular weight excluding hydrogens is 434 g/mol. The summed E-state index contributed by atoms with van der Waals surface area (Å²) in [5, 5.41) is 22.0. The van der Waals surface area contributed by atoms with Gasteiger partial charge in [-0.15, -0.1) is 5.10 Å². The zero-order valence-electron chi connectivity index (χ0n) is 18.3. The van der Waals surface area contributed by atoms with Crippen molar-refractivity contribution in [2.45, 2.75) is 19.0 Å². The number of rotatable bonds is 7. The number of aromatic hydroxyl groups is 1. The third kappa shape index (κ3) is 5.48. The first-order valence-corrected chi connectivity index (χ1v) is 11.4. The van der Waals surface area contributed by atoms with E-state index < -0.39 is 0 Å². The van der Waals surface area contributed by atoms with Gasteiger partial charge in [0.25, 0.3) is 11.7 Å². The smallest absolute Gasteiger partial charge is 0.342 e. The van der Waals surface area contributed by atoms with Crippen LogP contribution in [0.4, 0.5) is 0 Å². The predicted octanol–water partition coefficient (Wildman–Crippen LogP) is 4.00. The maximum atomic E-state index is 12.4. The van der Waals surface area contributed by atoms with Crippen LogP contribution in [0, 0.1) is 6.92 Å². The van der Waals surface area contributed by atoms with Gasteiger partial charge in [-0.1, -0.05) is 48.0 Å². The molecule has 0 aliphatic heterocycles. The van der Waals surface area contributed by atoms with Crippen molar-refractivity contribution in [2.24, 2.45) is 5.10 Å². The molecule has 166 valence electrons. The number of nitrogens with one attached hydrogen (secondary N) is 2. The SMILES string of the molecule is CC(=NNC(=O)CSc1n[nH]c(-c2ccc(C)cc2)[n+]1-c1ccccc1)c1cccc(O)c1. The molecule has 0 aliphatic rings. The average molecular weight is 459 g/mol. The van der Waals surface area contributed by atoms with Crippen LogP contribution in [0.2, 0.25) is 0 Å². The Morgan fingerprint density at radius 1 is 1.09 bits per heavy atom. The Kier molecular flexibility index (Phi) is 6.85. The van der Waals surface area contributed by atoms with Gasteiger partial charge in [0.1, 0.15) is 11.4 Å². The van der Waals surface area contributed by atoms with Gasteiger partial charge in [-0.3, -0.25) is 4.79 Å². The highest BCUT2D eigenvalue weighted by Gasteiger charge is 2.24. The van der Waals surface area contributed by atoms with Crippen LogP contribution in [0.15, 0.2) is 89.1 Å². The topological polar surface area (TPSA) is 94.2 Å². The molecule has 0 fully saturated rings. The molecule has 0 radical (unpaired) electrons.